The minimum absolute atomic E-state index is 0.0828. The second-order valence-electron chi connectivity index (χ2n) is 4.48. The van der Waals surface area contributed by atoms with Gasteiger partial charge in [0.2, 0.25) is 11.8 Å². The fraction of sp³-hybridized carbons (Fsp3) is 0.727. The molecule has 4 amide bonds. The van der Waals surface area contributed by atoms with Crippen LogP contribution in [0.15, 0.2) is 0 Å². The topological polar surface area (TPSA) is 75.3 Å². The van der Waals surface area contributed by atoms with Gasteiger partial charge >= 0.3 is 6.03 Å². The number of barbiturate groups is 1. The van der Waals surface area contributed by atoms with Crippen LogP contribution in [0.4, 0.5) is 4.79 Å². The third-order valence-electron chi connectivity index (χ3n) is 3.37. The number of amides is 4. The normalized spacial score (nSPS) is 21.3. The Labute approximate surface area is 95.0 Å². The lowest BCUT2D eigenvalue weighted by Gasteiger charge is -2.35. The summed E-state index contributed by atoms with van der Waals surface area (Å²) in [5.41, 5.74) is -1.14. The number of imide groups is 2. The number of unbranched alkanes of at least 4 members (excludes halogenated alkanes) is 1. The summed E-state index contributed by atoms with van der Waals surface area (Å²) in [5, 5.41) is 4.30. The van der Waals surface area contributed by atoms with Gasteiger partial charge in [-0.2, -0.15) is 0 Å². The molecule has 1 fully saturated rings. The Morgan fingerprint density at radius 1 is 1.19 bits per heavy atom. The van der Waals surface area contributed by atoms with Crippen molar-refractivity contribution in [3.8, 4) is 0 Å². The standard InChI is InChI=1S/C11H18N2O3/c1-4-5-6-7(2)11(3)8(14)12-10(16)13-9(11)15/h7H,4-6H2,1-3H3,(H2,12,13,14,15,16). The average Bonchev–Trinajstić information content (AvgIpc) is 2.22. The van der Waals surface area contributed by atoms with Crippen molar-refractivity contribution in [1.82, 2.24) is 10.6 Å². The Kier molecular flexibility index (Phi) is 3.67. The Morgan fingerprint density at radius 3 is 2.12 bits per heavy atom. The van der Waals surface area contributed by atoms with Crippen LogP contribution >= 0.6 is 0 Å². The van der Waals surface area contributed by atoms with Crippen molar-refractivity contribution in [1.29, 1.82) is 0 Å². The number of carbonyl (C=O) groups excluding carboxylic acids is 3. The first-order chi connectivity index (χ1) is 7.42. The van der Waals surface area contributed by atoms with Gasteiger partial charge in [0.15, 0.2) is 0 Å². The first-order valence-corrected chi connectivity index (χ1v) is 5.59. The lowest BCUT2D eigenvalue weighted by atomic mass is 9.73. The minimum atomic E-state index is -1.14. The van der Waals surface area contributed by atoms with Gasteiger partial charge in [-0.1, -0.05) is 26.7 Å². The molecule has 5 heteroatoms. The molecule has 1 aliphatic rings. The van der Waals surface area contributed by atoms with E-state index in [1.807, 2.05) is 6.92 Å². The number of rotatable bonds is 4. The van der Waals surface area contributed by atoms with E-state index in [9.17, 15) is 14.4 Å². The van der Waals surface area contributed by atoms with Gasteiger partial charge in [0.25, 0.3) is 0 Å². The van der Waals surface area contributed by atoms with E-state index in [0.717, 1.165) is 19.3 Å². The van der Waals surface area contributed by atoms with Crippen LogP contribution in [0.3, 0.4) is 0 Å². The van der Waals surface area contributed by atoms with Crippen molar-refractivity contribution in [2.24, 2.45) is 11.3 Å². The van der Waals surface area contributed by atoms with Crippen LogP contribution in [0.25, 0.3) is 0 Å². The Balaban J connectivity index is 2.84. The fourth-order valence-corrected chi connectivity index (χ4v) is 1.85. The SMILES string of the molecule is CCCCC(C)C1(C)C(=O)NC(=O)NC1=O. The summed E-state index contributed by atoms with van der Waals surface area (Å²) in [6, 6.07) is -0.727. The summed E-state index contributed by atoms with van der Waals surface area (Å²) in [5.74, 6) is -1.07. The molecule has 90 valence electrons. The Hall–Kier alpha value is -1.39. The molecule has 0 bridgehead atoms. The molecule has 1 unspecified atom stereocenters. The molecule has 0 spiro atoms. The lowest BCUT2D eigenvalue weighted by Crippen LogP contribution is -2.63. The van der Waals surface area contributed by atoms with Gasteiger partial charge in [-0.05, 0) is 19.3 Å². The highest BCUT2D eigenvalue weighted by Gasteiger charge is 2.49. The third-order valence-corrected chi connectivity index (χ3v) is 3.37. The maximum atomic E-state index is 11.7. The Bertz CT molecular complexity index is 305. The molecule has 5 nitrogen and oxygen atoms in total. The van der Waals surface area contributed by atoms with E-state index in [1.54, 1.807) is 6.92 Å². The summed E-state index contributed by atoms with van der Waals surface area (Å²) in [6.45, 7) is 5.51. The highest BCUT2D eigenvalue weighted by atomic mass is 16.2. The summed E-state index contributed by atoms with van der Waals surface area (Å²) >= 11 is 0. The molecular formula is C11H18N2O3. The highest BCUT2D eigenvalue weighted by molar-refractivity contribution is 6.19. The van der Waals surface area contributed by atoms with Crippen molar-refractivity contribution in [3.63, 3.8) is 0 Å². The maximum absolute atomic E-state index is 11.7. The van der Waals surface area contributed by atoms with E-state index >= 15 is 0 Å². The minimum Gasteiger partial charge on any atom is -0.277 e. The van der Waals surface area contributed by atoms with E-state index in [1.165, 1.54) is 0 Å². The zero-order valence-corrected chi connectivity index (χ0v) is 9.92. The van der Waals surface area contributed by atoms with E-state index in [0.29, 0.717) is 0 Å². The second kappa shape index (κ2) is 4.63. The quantitative estimate of drug-likeness (QED) is 0.707. The molecule has 0 saturated carbocycles. The van der Waals surface area contributed by atoms with Crippen LogP contribution < -0.4 is 10.6 Å². The fourth-order valence-electron chi connectivity index (χ4n) is 1.85. The van der Waals surface area contributed by atoms with Gasteiger partial charge in [0, 0.05) is 0 Å². The molecule has 0 aromatic carbocycles. The van der Waals surface area contributed by atoms with E-state index in [4.69, 9.17) is 0 Å². The van der Waals surface area contributed by atoms with Crippen molar-refractivity contribution in [2.45, 2.75) is 40.0 Å². The van der Waals surface area contributed by atoms with Crippen molar-refractivity contribution in [2.75, 3.05) is 0 Å². The van der Waals surface area contributed by atoms with Gasteiger partial charge in [0.1, 0.15) is 5.41 Å². The first-order valence-electron chi connectivity index (χ1n) is 5.59. The molecule has 0 aliphatic carbocycles. The third kappa shape index (κ3) is 2.08. The molecule has 1 saturated heterocycles. The van der Waals surface area contributed by atoms with Gasteiger partial charge in [-0.25, -0.2) is 4.79 Å². The maximum Gasteiger partial charge on any atom is 0.328 e. The summed E-state index contributed by atoms with van der Waals surface area (Å²) < 4.78 is 0. The van der Waals surface area contributed by atoms with Crippen LogP contribution in [-0.2, 0) is 9.59 Å². The molecule has 0 aromatic heterocycles. The summed E-state index contributed by atoms with van der Waals surface area (Å²) in [7, 11) is 0. The van der Waals surface area contributed by atoms with Crippen LogP contribution in [0.5, 0.6) is 0 Å². The highest BCUT2D eigenvalue weighted by Crippen LogP contribution is 2.33. The van der Waals surface area contributed by atoms with Crippen molar-refractivity contribution in [3.05, 3.63) is 0 Å². The number of urea groups is 1. The molecular weight excluding hydrogens is 208 g/mol. The molecule has 1 aliphatic heterocycles. The van der Waals surface area contributed by atoms with Gasteiger partial charge in [-0.3, -0.25) is 20.2 Å². The molecule has 2 N–H and O–H groups in total. The van der Waals surface area contributed by atoms with Crippen LogP contribution in [0.1, 0.15) is 40.0 Å². The predicted molar refractivity (Wildman–Crippen MR) is 58.5 cm³/mol. The molecule has 0 radical (unpaired) electrons. The summed E-state index contributed by atoms with van der Waals surface area (Å²) in [6.07, 6.45) is 2.77. The van der Waals surface area contributed by atoms with Gasteiger partial charge in [-0.15, -0.1) is 0 Å². The molecule has 0 aromatic rings. The first kappa shape index (κ1) is 12.7. The smallest absolute Gasteiger partial charge is 0.277 e. The zero-order valence-electron chi connectivity index (χ0n) is 9.92. The van der Waals surface area contributed by atoms with Crippen molar-refractivity contribution >= 4 is 17.8 Å². The Morgan fingerprint density at radius 2 is 1.69 bits per heavy atom. The van der Waals surface area contributed by atoms with E-state index in [-0.39, 0.29) is 5.92 Å². The zero-order chi connectivity index (χ0) is 12.3. The van der Waals surface area contributed by atoms with Crippen LogP contribution in [-0.4, -0.2) is 17.8 Å². The molecule has 16 heavy (non-hydrogen) atoms. The van der Waals surface area contributed by atoms with Crippen molar-refractivity contribution < 1.29 is 14.4 Å². The summed E-state index contributed by atoms with van der Waals surface area (Å²) in [4.78, 5) is 34.4. The van der Waals surface area contributed by atoms with Crippen LogP contribution in [0, 0.1) is 11.3 Å². The largest absolute Gasteiger partial charge is 0.328 e. The monoisotopic (exact) mass is 226 g/mol. The van der Waals surface area contributed by atoms with E-state index < -0.39 is 23.3 Å². The molecule has 1 heterocycles. The second-order valence-corrected chi connectivity index (χ2v) is 4.48. The molecule has 1 rings (SSSR count). The molecule has 1 atom stereocenters. The van der Waals surface area contributed by atoms with E-state index in [2.05, 4.69) is 17.6 Å². The number of hydrogen-bond acceptors (Lipinski definition) is 3. The van der Waals surface area contributed by atoms with Crippen LogP contribution in [0.2, 0.25) is 0 Å². The number of nitrogens with one attached hydrogen (secondary N) is 2. The lowest BCUT2D eigenvalue weighted by molar-refractivity contribution is -0.146. The average molecular weight is 226 g/mol. The van der Waals surface area contributed by atoms with Gasteiger partial charge < -0.3 is 0 Å². The van der Waals surface area contributed by atoms with Gasteiger partial charge in [0.05, 0.1) is 0 Å². The predicted octanol–water partition coefficient (Wildman–Crippen LogP) is 1.18. The number of hydrogen-bond donors (Lipinski definition) is 2. The number of carbonyl (C=O) groups is 3.